The van der Waals surface area contributed by atoms with Gasteiger partial charge in [0, 0.05) is 23.6 Å². The van der Waals surface area contributed by atoms with E-state index in [0.29, 0.717) is 16.4 Å². The summed E-state index contributed by atoms with van der Waals surface area (Å²) in [4.78, 5) is 0. The number of hydrogen-bond donors (Lipinski definition) is 0. The van der Waals surface area contributed by atoms with Gasteiger partial charge in [0.1, 0.15) is 29.8 Å². The summed E-state index contributed by atoms with van der Waals surface area (Å²) in [5.74, 6) is -0.441. The number of aromatic nitrogens is 1. The van der Waals surface area contributed by atoms with Crippen LogP contribution in [0.25, 0.3) is 44.0 Å². The highest BCUT2D eigenvalue weighted by atomic mass is 19.1. The Morgan fingerprint density at radius 2 is 1.76 bits per heavy atom. The van der Waals surface area contributed by atoms with E-state index in [2.05, 4.69) is 35.0 Å². The van der Waals surface area contributed by atoms with Gasteiger partial charge in [0.15, 0.2) is 6.20 Å². The molecule has 3 aromatic carbocycles. The molecule has 2 aromatic heterocycles. The summed E-state index contributed by atoms with van der Waals surface area (Å²) in [6.45, 7) is 2.03. The van der Waals surface area contributed by atoms with Gasteiger partial charge in [-0.05, 0) is 41.8 Å². The normalized spacial score (nSPS) is 14.8. The van der Waals surface area contributed by atoms with Gasteiger partial charge in [0.25, 0.3) is 0 Å². The predicted octanol–water partition coefficient (Wildman–Crippen LogP) is 7.55. The molecule has 0 aliphatic heterocycles. The molecule has 6 rings (SSSR count). The Morgan fingerprint density at radius 3 is 2.58 bits per heavy atom. The summed E-state index contributed by atoms with van der Waals surface area (Å²) in [5.41, 5.74) is 5.16. The van der Waals surface area contributed by atoms with E-state index in [9.17, 15) is 8.78 Å². The van der Waals surface area contributed by atoms with Gasteiger partial charge in [-0.1, -0.05) is 49.9 Å². The fourth-order valence-corrected chi connectivity index (χ4v) is 5.69. The molecule has 0 radical (unpaired) electrons. The van der Waals surface area contributed by atoms with Gasteiger partial charge in [0.2, 0.25) is 5.69 Å². The van der Waals surface area contributed by atoms with E-state index >= 15 is 0 Å². The average Bonchev–Trinajstić information content (AvgIpc) is 3.42. The summed E-state index contributed by atoms with van der Waals surface area (Å²) in [5, 5.41) is 3.30. The minimum absolute atomic E-state index is 0.232. The van der Waals surface area contributed by atoms with E-state index in [1.165, 1.54) is 42.7 Å². The van der Waals surface area contributed by atoms with Crippen molar-refractivity contribution < 1.29 is 17.8 Å². The van der Waals surface area contributed by atoms with E-state index in [-0.39, 0.29) is 5.58 Å². The van der Waals surface area contributed by atoms with Crippen molar-refractivity contribution >= 4 is 32.7 Å². The van der Waals surface area contributed by atoms with Crippen LogP contribution in [-0.2, 0) is 13.5 Å². The largest absolute Gasteiger partial charge is 0.455 e. The van der Waals surface area contributed by atoms with Gasteiger partial charge in [-0.3, -0.25) is 0 Å². The molecule has 2 nitrogen and oxygen atoms in total. The third-order valence-electron chi connectivity index (χ3n) is 7.30. The van der Waals surface area contributed by atoms with Gasteiger partial charge in [-0.15, -0.1) is 0 Å². The molecule has 0 unspecified atom stereocenters. The number of furan rings is 1. The van der Waals surface area contributed by atoms with Crippen LogP contribution in [0.2, 0.25) is 0 Å². The third-order valence-corrected chi connectivity index (χ3v) is 7.30. The van der Waals surface area contributed by atoms with Gasteiger partial charge in [0.05, 0.1) is 16.3 Å². The van der Waals surface area contributed by atoms with Crippen LogP contribution in [0.15, 0.2) is 59.1 Å². The Bertz CT molecular complexity index is 1540. The SMILES string of the molecule is Cc1ccc2c(oc3cc(F)cc(F)c32)c1-c1c2ccc(CC3CCCC3)cc2cc[n+]1C. The Hall–Kier alpha value is -3.27. The molecular weight excluding hydrogens is 416 g/mol. The molecule has 0 saturated heterocycles. The maximum absolute atomic E-state index is 14.7. The number of pyridine rings is 1. The van der Waals surface area contributed by atoms with E-state index in [4.69, 9.17) is 4.42 Å². The summed E-state index contributed by atoms with van der Waals surface area (Å²) >= 11 is 0. The molecule has 5 aromatic rings. The number of hydrogen-bond acceptors (Lipinski definition) is 1. The molecule has 2 heterocycles. The highest BCUT2D eigenvalue weighted by molar-refractivity contribution is 6.12. The monoisotopic (exact) mass is 442 g/mol. The number of rotatable bonds is 3. The molecule has 0 N–H and O–H groups in total. The van der Waals surface area contributed by atoms with Crippen LogP contribution in [0, 0.1) is 24.5 Å². The van der Waals surface area contributed by atoms with Crippen molar-refractivity contribution in [3.05, 3.63) is 77.5 Å². The van der Waals surface area contributed by atoms with Crippen LogP contribution in [0.5, 0.6) is 0 Å². The molecule has 166 valence electrons. The number of nitrogens with zero attached hydrogens (tertiary/aromatic N) is 1. The van der Waals surface area contributed by atoms with Crippen molar-refractivity contribution in [2.24, 2.45) is 13.0 Å². The molecule has 0 spiro atoms. The Morgan fingerprint density at radius 1 is 0.970 bits per heavy atom. The zero-order chi connectivity index (χ0) is 22.7. The highest BCUT2D eigenvalue weighted by Gasteiger charge is 2.25. The van der Waals surface area contributed by atoms with Crippen LogP contribution in [-0.4, -0.2) is 0 Å². The minimum atomic E-state index is -0.636. The highest BCUT2D eigenvalue weighted by Crippen LogP contribution is 2.40. The van der Waals surface area contributed by atoms with E-state index in [1.54, 1.807) is 0 Å². The lowest BCUT2D eigenvalue weighted by Crippen LogP contribution is -2.30. The summed E-state index contributed by atoms with van der Waals surface area (Å²) < 4.78 is 36.8. The number of aryl methyl sites for hydroxylation is 2. The second kappa shape index (κ2) is 7.65. The zero-order valence-corrected chi connectivity index (χ0v) is 18.9. The van der Waals surface area contributed by atoms with Crippen molar-refractivity contribution in [2.45, 2.75) is 39.0 Å². The Kier molecular flexibility index (Phi) is 4.72. The van der Waals surface area contributed by atoms with Crippen molar-refractivity contribution in [2.75, 3.05) is 0 Å². The van der Waals surface area contributed by atoms with Crippen LogP contribution >= 0.6 is 0 Å². The number of halogens is 2. The fraction of sp³-hybridized carbons (Fsp3) is 0.276. The molecule has 1 aliphatic rings. The minimum Gasteiger partial charge on any atom is -0.455 e. The third kappa shape index (κ3) is 3.31. The first kappa shape index (κ1) is 20.3. The Labute approximate surface area is 191 Å². The molecule has 4 heteroatoms. The van der Waals surface area contributed by atoms with Gasteiger partial charge in [-0.25, -0.2) is 13.3 Å². The van der Waals surface area contributed by atoms with E-state index in [0.717, 1.165) is 40.6 Å². The second-order valence-corrected chi connectivity index (χ2v) is 9.55. The summed E-state index contributed by atoms with van der Waals surface area (Å²) in [6.07, 6.45) is 8.56. The van der Waals surface area contributed by atoms with Crippen molar-refractivity contribution in [1.82, 2.24) is 0 Å². The maximum Gasteiger partial charge on any atom is 0.224 e. The number of fused-ring (bicyclic) bond motifs is 4. The Balaban J connectivity index is 1.59. The van der Waals surface area contributed by atoms with Crippen LogP contribution in [0.1, 0.15) is 36.8 Å². The standard InChI is InChI=1S/C29H26F2NO/c1-17-7-9-23-27-24(31)15-21(30)16-25(27)33-29(23)26(17)28-22-10-8-19(13-18-5-3-4-6-18)14-20(22)11-12-32(28)2/h7-12,14-16,18H,3-6,13H2,1-2H3/q+1. The topological polar surface area (TPSA) is 17.0 Å². The van der Waals surface area contributed by atoms with Gasteiger partial charge < -0.3 is 4.42 Å². The van der Waals surface area contributed by atoms with Crippen LogP contribution < -0.4 is 4.57 Å². The lowest BCUT2D eigenvalue weighted by Gasteiger charge is -2.12. The molecule has 0 bridgehead atoms. The molecule has 1 fully saturated rings. The lowest BCUT2D eigenvalue weighted by molar-refractivity contribution is -0.659. The van der Waals surface area contributed by atoms with Gasteiger partial charge in [-0.2, -0.15) is 0 Å². The average molecular weight is 443 g/mol. The summed E-state index contributed by atoms with van der Waals surface area (Å²) in [6, 6.07) is 14.9. The van der Waals surface area contributed by atoms with E-state index < -0.39 is 11.6 Å². The van der Waals surface area contributed by atoms with E-state index in [1.807, 2.05) is 26.1 Å². The molecule has 0 amide bonds. The molecule has 1 saturated carbocycles. The first-order valence-electron chi connectivity index (χ1n) is 11.7. The lowest BCUT2D eigenvalue weighted by atomic mass is 9.93. The number of benzene rings is 3. The first-order valence-corrected chi connectivity index (χ1v) is 11.7. The van der Waals surface area contributed by atoms with Crippen molar-refractivity contribution in [3.8, 4) is 11.3 Å². The first-order chi connectivity index (χ1) is 16.0. The van der Waals surface area contributed by atoms with Crippen LogP contribution in [0.4, 0.5) is 8.78 Å². The molecule has 1 aliphatic carbocycles. The molecule has 0 atom stereocenters. The summed E-state index contributed by atoms with van der Waals surface area (Å²) in [7, 11) is 2.02. The quantitative estimate of drug-likeness (QED) is 0.264. The maximum atomic E-state index is 14.7. The zero-order valence-electron chi connectivity index (χ0n) is 18.9. The van der Waals surface area contributed by atoms with Crippen LogP contribution in [0.3, 0.4) is 0 Å². The fourth-order valence-electron chi connectivity index (χ4n) is 5.69. The van der Waals surface area contributed by atoms with Crippen molar-refractivity contribution in [1.29, 1.82) is 0 Å². The smallest absolute Gasteiger partial charge is 0.224 e. The van der Waals surface area contributed by atoms with Gasteiger partial charge >= 0.3 is 0 Å². The predicted molar refractivity (Wildman–Crippen MR) is 128 cm³/mol. The van der Waals surface area contributed by atoms with Crippen molar-refractivity contribution in [3.63, 3.8) is 0 Å². The second-order valence-electron chi connectivity index (χ2n) is 9.55. The molecule has 33 heavy (non-hydrogen) atoms. The molecular formula is C29H26F2NO+.